The van der Waals surface area contributed by atoms with Crippen LogP contribution in [-0.4, -0.2) is 49.2 Å². The predicted molar refractivity (Wildman–Crippen MR) is 101 cm³/mol. The Balaban J connectivity index is 2.55. The van der Waals surface area contributed by atoms with Crippen LogP contribution in [0.1, 0.15) is 10.4 Å². The van der Waals surface area contributed by atoms with Crippen molar-refractivity contribution < 1.29 is 46.4 Å². The number of phenolic OH excluding ortho intramolecular Hbond substituents is 2. The summed E-state index contributed by atoms with van der Waals surface area (Å²) in [5, 5.41) is 30.9. The second-order valence-electron chi connectivity index (χ2n) is 5.61. The van der Waals surface area contributed by atoms with E-state index in [0.717, 1.165) is 12.1 Å². The SMILES string of the molecule is O=C(NCCO)c1cc(OC(F)(F)F)cc(NS(=O)(=O)c2cc(Br)ccc2O)c1O. The van der Waals surface area contributed by atoms with Crippen LogP contribution >= 0.6 is 15.9 Å². The molecule has 5 N–H and O–H groups in total. The number of alkyl halides is 3. The van der Waals surface area contributed by atoms with E-state index >= 15 is 0 Å². The molecular formula is C16H14BrF3N2O7S. The van der Waals surface area contributed by atoms with E-state index in [1.54, 1.807) is 0 Å². The number of sulfonamides is 1. The van der Waals surface area contributed by atoms with Gasteiger partial charge in [-0.25, -0.2) is 8.42 Å². The van der Waals surface area contributed by atoms with Crippen LogP contribution in [0, 0.1) is 0 Å². The van der Waals surface area contributed by atoms with Crippen LogP contribution in [0.25, 0.3) is 0 Å². The molecule has 0 saturated carbocycles. The quantitative estimate of drug-likeness (QED) is 0.356. The molecule has 0 heterocycles. The number of aliphatic hydroxyl groups excluding tert-OH is 1. The van der Waals surface area contributed by atoms with Crippen molar-refractivity contribution >= 4 is 37.5 Å². The number of halogens is 4. The van der Waals surface area contributed by atoms with Gasteiger partial charge >= 0.3 is 6.36 Å². The zero-order chi connectivity index (χ0) is 22.7. The summed E-state index contributed by atoms with van der Waals surface area (Å²) in [5.41, 5.74) is -1.56. The zero-order valence-corrected chi connectivity index (χ0v) is 17.1. The highest BCUT2D eigenvalue weighted by atomic mass is 79.9. The summed E-state index contributed by atoms with van der Waals surface area (Å²) < 4.78 is 68.8. The molecule has 2 rings (SSSR count). The Labute approximate surface area is 176 Å². The molecule has 2 aromatic carbocycles. The number of ether oxygens (including phenoxy) is 1. The van der Waals surface area contributed by atoms with Gasteiger partial charge in [0.1, 0.15) is 16.4 Å². The topological polar surface area (TPSA) is 145 Å². The fourth-order valence-electron chi connectivity index (χ4n) is 2.22. The monoisotopic (exact) mass is 514 g/mol. The average molecular weight is 515 g/mol. The van der Waals surface area contributed by atoms with Gasteiger partial charge in [0.2, 0.25) is 0 Å². The molecule has 0 fully saturated rings. The molecule has 0 bridgehead atoms. The minimum absolute atomic E-state index is 0.267. The maximum atomic E-state index is 12.6. The van der Waals surface area contributed by atoms with Crippen LogP contribution in [0.3, 0.4) is 0 Å². The van der Waals surface area contributed by atoms with Gasteiger partial charge in [-0.15, -0.1) is 13.2 Å². The van der Waals surface area contributed by atoms with E-state index in [0.29, 0.717) is 12.1 Å². The fraction of sp³-hybridized carbons (Fsp3) is 0.188. The first-order valence-corrected chi connectivity index (χ1v) is 10.1. The lowest BCUT2D eigenvalue weighted by molar-refractivity contribution is -0.274. The van der Waals surface area contributed by atoms with Crippen LogP contribution in [0.15, 0.2) is 39.7 Å². The third-order valence-corrected chi connectivity index (χ3v) is 5.30. The first-order chi connectivity index (χ1) is 13.8. The smallest absolute Gasteiger partial charge is 0.507 e. The van der Waals surface area contributed by atoms with Crippen molar-refractivity contribution in [2.24, 2.45) is 0 Å². The van der Waals surface area contributed by atoms with Gasteiger partial charge in [0, 0.05) is 17.1 Å². The highest BCUT2D eigenvalue weighted by Crippen LogP contribution is 2.37. The number of aliphatic hydroxyl groups is 1. The Morgan fingerprint density at radius 2 is 1.83 bits per heavy atom. The normalized spacial score (nSPS) is 11.8. The molecule has 0 saturated heterocycles. The first-order valence-electron chi connectivity index (χ1n) is 7.87. The highest BCUT2D eigenvalue weighted by Gasteiger charge is 2.33. The van der Waals surface area contributed by atoms with Crippen molar-refractivity contribution in [3.05, 3.63) is 40.4 Å². The number of carbonyl (C=O) groups excluding carboxylic acids is 1. The molecular weight excluding hydrogens is 501 g/mol. The Kier molecular flexibility index (Phi) is 7.05. The van der Waals surface area contributed by atoms with Crippen molar-refractivity contribution in [2.45, 2.75) is 11.3 Å². The number of carbonyl (C=O) groups is 1. The molecule has 0 atom stereocenters. The summed E-state index contributed by atoms with van der Waals surface area (Å²) in [6, 6.07) is 4.46. The van der Waals surface area contributed by atoms with Crippen LogP contribution in [0.2, 0.25) is 0 Å². The lowest BCUT2D eigenvalue weighted by Crippen LogP contribution is -2.27. The Morgan fingerprint density at radius 3 is 2.43 bits per heavy atom. The Hall–Kier alpha value is -2.71. The molecule has 9 nitrogen and oxygen atoms in total. The lowest BCUT2D eigenvalue weighted by atomic mass is 10.1. The molecule has 30 heavy (non-hydrogen) atoms. The number of hydrogen-bond acceptors (Lipinski definition) is 7. The van der Waals surface area contributed by atoms with E-state index in [1.165, 1.54) is 6.07 Å². The lowest BCUT2D eigenvalue weighted by Gasteiger charge is -2.16. The van der Waals surface area contributed by atoms with Crippen LogP contribution in [0.4, 0.5) is 18.9 Å². The van der Waals surface area contributed by atoms with E-state index in [-0.39, 0.29) is 11.0 Å². The highest BCUT2D eigenvalue weighted by molar-refractivity contribution is 9.10. The Morgan fingerprint density at radius 1 is 1.17 bits per heavy atom. The summed E-state index contributed by atoms with van der Waals surface area (Å²) in [6.07, 6.45) is -5.17. The van der Waals surface area contributed by atoms with Gasteiger partial charge < -0.3 is 25.4 Å². The molecule has 0 aromatic heterocycles. The summed E-state index contributed by atoms with van der Waals surface area (Å²) in [5.74, 6) is -3.77. The molecule has 0 aliphatic carbocycles. The predicted octanol–water partition coefficient (Wildman–Crippen LogP) is 2.28. The molecule has 2 aromatic rings. The second-order valence-corrected chi connectivity index (χ2v) is 8.18. The molecule has 0 radical (unpaired) electrons. The van der Waals surface area contributed by atoms with Crippen LogP contribution in [0.5, 0.6) is 17.2 Å². The van der Waals surface area contributed by atoms with Gasteiger partial charge in [0.15, 0.2) is 5.75 Å². The van der Waals surface area contributed by atoms with Crippen molar-refractivity contribution in [2.75, 3.05) is 17.9 Å². The number of hydrogen-bond donors (Lipinski definition) is 5. The first kappa shape index (κ1) is 23.6. The molecule has 14 heteroatoms. The zero-order valence-electron chi connectivity index (χ0n) is 14.7. The maximum Gasteiger partial charge on any atom is 0.573 e. The van der Waals surface area contributed by atoms with Crippen LogP contribution in [-0.2, 0) is 10.0 Å². The Bertz CT molecular complexity index is 1060. The molecule has 164 valence electrons. The molecule has 0 aliphatic rings. The van der Waals surface area contributed by atoms with E-state index in [4.69, 9.17) is 5.11 Å². The molecule has 1 amide bonds. The number of aromatic hydroxyl groups is 2. The standard InChI is InChI=1S/C16H14BrF3N2O7S/c17-8-1-2-12(24)13(5-8)30(27,28)22-11-7-9(29-16(18,19)20)6-10(14(11)25)15(26)21-3-4-23/h1-2,5-7,22-25H,3-4H2,(H,21,26). The molecule has 0 unspecified atom stereocenters. The van der Waals surface area contributed by atoms with Gasteiger partial charge in [-0.2, -0.15) is 0 Å². The largest absolute Gasteiger partial charge is 0.573 e. The third-order valence-electron chi connectivity index (χ3n) is 3.41. The number of amides is 1. The van der Waals surface area contributed by atoms with E-state index in [1.807, 2.05) is 4.72 Å². The fourth-order valence-corrected chi connectivity index (χ4v) is 3.91. The van der Waals surface area contributed by atoms with Gasteiger partial charge in [-0.3, -0.25) is 9.52 Å². The van der Waals surface area contributed by atoms with Gasteiger partial charge in [-0.1, -0.05) is 15.9 Å². The van der Waals surface area contributed by atoms with Crippen molar-refractivity contribution in [3.8, 4) is 17.2 Å². The van der Waals surface area contributed by atoms with Gasteiger partial charge in [0.25, 0.3) is 15.9 Å². The van der Waals surface area contributed by atoms with Crippen LogP contribution < -0.4 is 14.8 Å². The molecule has 0 aliphatic heterocycles. The number of phenols is 2. The number of benzene rings is 2. The van der Waals surface area contributed by atoms with Crippen molar-refractivity contribution in [1.29, 1.82) is 0 Å². The second kappa shape index (κ2) is 8.97. The maximum absolute atomic E-state index is 12.6. The summed E-state index contributed by atoms with van der Waals surface area (Å²) in [6.45, 7) is -0.775. The number of nitrogens with one attached hydrogen (secondary N) is 2. The van der Waals surface area contributed by atoms with Crippen molar-refractivity contribution in [1.82, 2.24) is 5.32 Å². The summed E-state index contributed by atoms with van der Waals surface area (Å²) in [4.78, 5) is 11.4. The third kappa shape index (κ3) is 5.90. The van der Waals surface area contributed by atoms with Gasteiger partial charge in [-0.05, 0) is 24.3 Å². The van der Waals surface area contributed by atoms with Crippen molar-refractivity contribution in [3.63, 3.8) is 0 Å². The summed E-state index contributed by atoms with van der Waals surface area (Å²) >= 11 is 3.02. The minimum Gasteiger partial charge on any atom is -0.507 e. The molecule has 0 spiro atoms. The van der Waals surface area contributed by atoms with E-state index in [9.17, 15) is 36.6 Å². The number of anilines is 1. The van der Waals surface area contributed by atoms with Gasteiger partial charge in [0.05, 0.1) is 17.9 Å². The summed E-state index contributed by atoms with van der Waals surface area (Å²) in [7, 11) is -4.61. The number of rotatable bonds is 7. The van der Waals surface area contributed by atoms with E-state index < -0.39 is 62.3 Å². The average Bonchev–Trinajstić information content (AvgIpc) is 2.62. The minimum atomic E-state index is -5.17. The van der Waals surface area contributed by atoms with E-state index in [2.05, 4.69) is 26.0 Å².